The summed E-state index contributed by atoms with van der Waals surface area (Å²) in [4.78, 5) is 12.6. The number of nitrogens with one attached hydrogen (secondary N) is 1. The van der Waals surface area contributed by atoms with E-state index in [1.165, 1.54) is 46.8 Å². The fourth-order valence-corrected chi connectivity index (χ4v) is 5.99. The minimum atomic E-state index is -3.84. The van der Waals surface area contributed by atoms with Gasteiger partial charge in [0.1, 0.15) is 6.54 Å². The van der Waals surface area contributed by atoms with Crippen LogP contribution in [0.25, 0.3) is 0 Å². The third-order valence-electron chi connectivity index (χ3n) is 4.71. The molecule has 1 heterocycles. The van der Waals surface area contributed by atoms with Gasteiger partial charge < -0.3 is 5.32 Å². The molecule has 0 aliphatic carbocycles. The van der Waals surface area contributed by atoms with Gasteiger partial charge in [0, 0.05) is 23.8 Å². The second kappa shape index (κ2) is 9.33. The summed E-state index contributed by atoms with van der Waals surface area (Å²) in [7, 11) is -7.40. The predicted molar refractivity (Wildman–Crippen MR) is 122 cm³/mol. The highest BCUT2D eigenvalue weighted by molar-refractivity contribution is 7.92. The molecular formula is C19H21Cl2N3O5S2. The summed E-state index contributed by atoms with van der Waals surface area (Å²) >= 11 is 12.0. The van der Waals surface area contributed by atoms with Crippen LogP contribution in [0.2, 0.25) is 10.0 Å². The van der Waals surface area contributed by atoms with Crippen LogP contribution in [0.4, 0.5) is 11.4 Å². The van der Waals surface area contributed by atoms with Crippen LogP contribution in [-0.2, 0) is 24.8 Å². The molecule has 1 saturated heterocycles. The third kappa shape index (κ3) is 5.69. The van der Waals surface area contributed by atoms with E-state index < -0.39 is 32.5 Å². The molecule has 0 atom stereocenters. The molecule has 1 aliphatic rings. The molecule has 31 heavy (non-hydrogen) atoms. The largest absolute Gasteiger partial charge is 0.325 e. The summed E-state index contributed by atoms with van der Waals surface area (Å²) in [5.74, 6) is -0.628. The molecular weight excluding hydrogens is 485 g/mol. The van der Waals surface area contributed by atoms with Crippen LogP contribution < -0.4 is 9.62 Å². The van der Waals surface area contributed by atoms with Crippen LogP contribution in [0.5, 0.6) is 0 Å². The fourth-order valence-electron chi connectivity index (χ4n) is 3.18. The summed E-state index contributed by atoms with van der Waals surface area (Å²) < 4.78 is 51.9. The molecule has 168 valence electrons. The molecule has 12 heteroatoms. The van der Waals surface area contributed by atoms with E-state index in [4.69, 9.17) is 23.2 Å². The Morgan fingerprint density at radius 3 is 2.23 bits per heavy atom. The zero-order valence-corrected chi connectivity index (χ0v) is 19.7. The van der Waals surface area contributed by atoms with Gasteiger partial charge in [-0.1, -0.05) is 23.2 Å². The van der Waals surface area contributed by atoms with E-state index in [0.29, 0.717) is 18.8 Å². The van der Waals surface area contributed by atoms with Gasteiger partial charge in [-0.15, -0.1) is 0 Å². The molecule has 1 N–H and O–H groups in total. The molecule has 1 amide bonds. The molecule has 8 nitrogen and oxygen atoms in total. The van der Waals surface area contributed by atoms with Gasteiger partial charge >= 0.3 is 0 Å². The summed E-state index contributed by atoms with van der Waals surface area (Å²) in [6.07, 6.45) is 2.62. The normalized spacial score (nSPS) is 15.1. The molecule has 3 rings (SSSR count). The molecule has 0 bridgehead atoms. The summed E-state index contributed by atoms with van der Waals surface area (Å²) in [6, 6.07) is 10.0. The molecule has 0 spiro atoms. The van der Waals surface area contributed by atoms with Gasteiger partial charge in [0.05, 0.1) is 21.9 Å². The highest BCUT2D eigenvalue weighted by Gasteiger charge is 2.27. The van der Waals surface area contributed by atoms with Gasteiger partial charge in [-0.2, -0.15) is 4.31 Å². The number of hydrogen-bond acceptors (Lipinski definition) is 5. The van der Waals surface area contributed by atoms with Gasteiger partial charge in [-0.05, 0) is 55.3 Å². The minimum absolute atomic E-state index is 0.0823. The van der Waals surface area contributed by atoms with Crippen molar-refractivity contribution >= 4 is 60.5 Å². The first kappa shape index (κ1) is 23.8. The van der Waals surface area contributed by atoms with Crippen molar-refractivity contribution in [2.24, 2.45) is 0 Å². The van der Waals surface area contributed by atoms with Gasteiger partial charge in [-0.3, -0.25) is 9.10 Å². The second-order valence-corrected chi connectivity index (χ2v) is 11.7. The van der Waals surface area contributed by atoms with E-state index in [1.54, 1.807) is 0 Å². The Labute approximate surface area is 191 Å². The van der Waals surface area contributed by atoms with Crippen molar-refractivity contribution in [3.05, 3.63) is 52.5 Å². The maximum Gasteiger partial charge on any atom is 0.245 e. The number of carbonyl (C=O) groups is 1. The average Bonchev–Trinajstić information content (AvgIpc) is 3.23. The summed E-state index contributed by atoms with van der Waals surface area (Å²) in [5.41, 5.74) is 0.412. The lowest BCUT2D eigenvalue weighted by Gasteiger charge is -2.23. The van der Waals surface area contributed by atoms with Crippen LogP contribution in [0.15, 0.2) is 47.4 Å². The average molecular weight is 506 g/mol. The highest BCUT2D eigenvalue weighted by atomic mass is 35.5. The number of sulfonamides is 2. The number of benzene rings is 2. The first-order chi connectivity index (χ1) is 14.5. The van der Waals surface area contributed by atoms with Gasteiger partial charge in [-0.25, -0.2) is 16.8 Å². The lowest BCUT2D eigenvalue weighted by atomic mass is 10.3. The monoisotopic (exact) mass is 505 g/mol. The van der Waals surface area contributed by atoms with Crippen molar-refractivity contribution < 1.29 is 21.6 Å². The maximum absolute atomic E-state index is 12.6. The van der Waals surface area contributed by atoms with Crippen LogP contribution in [0.3, 0.4) is 0 Å². The van der Waals surface area contributed by atoms with Crippen molar-refractivity contribution in [1.82, 2.24) is 4.31 Å². The third-order valence-corrected chi connectivity index (χ3v) is 8.30. The molecule has 0 radical (unpaired) electrons. The number of carbonyl (C=O) groups excluding carboxylic acids is 1. The Kier molecular flexibility index (Phi) is 7.17. The first-order valence-electron chi connectivity index (χ1n) is 9.31. The zero-order chi connectivity index (χ0) is 22.8. The van der Waals surface area contributed by atoms with Gasteiger partial charge in [0.15, 0.2) is 0 Å². The van der Waals surface area contributed by atoms with Crippen molar-refractivity contribution in [1.29, 1.82) is 0 Å². The smallest absolute Gasteiger partial charge is 0.245 e. The Balaban J connectivity index is 1.75. The fraction of sp³-hybridized carbons (Fsp3) is 0.316. The number of nitrogens with zero attached hydrogens (tertiary/aromatic N) is 2. The van der Waals surface area contributed by atoms with Crippen molar-refractivity contribution in [2.75, 3.05) is 35.5 Å². The topological polar surface area (TPSA) is 104 Å². The Bertz CT molecular complexity index is 1180. The lowest BCUT2D eigenvalue weighted by molar-refractivity contribution is -0.114. The quantitative estimate of drug-likeness (QED) is 0.622. The second-order valence-electron chi connectivity index (χ2n) is 7.05. The zero-order valence-electron chi connectivity index (χ0n) is 16.6. The molecule has 1 aliphatic heterocycles. The summed E-state index contributed by atoms with van der Waals surface area (Å²) in [5, 5.41) is 2.96. The Morgan fingerprint density at radius 2 is 1.65 bits per heavy atom. The van der Waals surface area contributed by atoms with Crippen LogP contribution in [-0.4, -0.2) is 52.9 Å². The molecule has 2 aromatic carbocycles. The molecule has 0 unspecified atom stereocenters. The van der Waals surface area contributed by atoms with Crippen molar-refractivity contribution in [3.63, 3.8) is 0 Å². The molecule has 2 aromatic rings. The van der Waals surface area contributed by atoms with E-state index in [9.17, 15) is 21.6 Å². The highest BCUT2D eigenvalue weighted by Crippen LogP contribution is 2.30. The molecule has 0 saturated carbocycles. The predicted octanol–water partition coefficient (Wildman–Crippen LogP) is 3.18. The Hall–Kier alpha value is -1.85. The number of amides is 1. The standard InChI is InChI=1S/C19H21Cl2N3O5S2/c1-30(26,27)24(18-12-14(20)4-9-17(18)21)13-19(25)22-15-5-7-16(8-6-15)31(28,29)23-10-2-3-11-23/h4-9,12H,2-3,10-11,13H2,1H3,(H,22,25). The van der Waals surface area contributed by atoms with Crippen molar-refractivity contribution in [3.8, 4) is 0 Å². The van der Waals surface area contributed by atoms with E-state index in [0.717, 1.165) is 23.4 Å². The van der Waals surface area contributed by atoms with Gasteiger partial charge in [0.2, 0.25) is 26.0 Å². The minimum Gasteiger partial charge on any atom is -0.325 e. The molecule has 1 fully saturated rings. The molecule has 0 aromatic heterocycles. The Morgan fingerprint density at radius 1 is 1.03 bits per heavy atom. The van der Waals surface area contributed by atoms with E-state index in [-0.39, 0.29) is 20.6 Å². The van der Waals surface area contributed by atoms with E-state index >= 15 is 0 Å². The van der Waals surface area contributed by atoms with Crippen molar-refractivity contribution in [2.45, 2.75) is 17.7 Å². The SMILES string of the molecule is CS(=O)(=O)N(CC(=O)Nc1ccc(S(=O)(=O)N2CCCC2)cc1)c1cc(Cl)ccc1Cl. The van der Waals surface area contributed by atoms with Gasteiger partial charge in [0.25, 0.3) is 0 Å². The number of halogens is 2. The maximum atomic E-state index is 12.6. The number of hydrogen-bond donors (Lipinski definition) is 1. The van der Waals surface area contributed by atoms with Crippen LogP contribution in [0.1, 0.15) is 12.8 Å². The first-order valence-corrected chi connectivity index (χ1v) is 13.4. The van der Waals surface area contributed by atoms with Crippen LogP contribution in [0, 0.1) is 0 Å². The number of anilines is 2. The van der Waals surface area contributed by atoms with E-state index in [2.05, 4.69) is 5.32 Å². The number of rotatable bonds is 7. The van der Waals surface area contributed by atoms with Crippen LogP contribution >= 0.6 is 23.2 Å². The summed E-state index contributed by atoms with van der Waals surface area (Å²) in [6.45, 7) is 0.454. The lowest BCUT2D eigenvalue weighted by Crippen LogP contribution is -2.37. The van der Waals surface area contributed by atoms with E-state index in [1.807, 2.05) is 0 Å².